The zero-order chi connectivity index (χ0) is 17.1. The fourth-order valence-electron chi connectivity index (χ4n) is 3.14. The van der Waals surface area contributed by atoms with E-state index in [2.05, 4.69) is 5.48 Å². The quantitative estimate of drug-likeness (QED) is 0.847. The highest BCUT2D eigenvalue weighted by molar-refractivity contribution is 5.78. The van der Waals surface area contributed by atoms with E-state index in [4.69, 9.17) is 0 Å². The first kappa shape index (κ1) is 16.5. The van der Waals surface area contributed by atoms with E-state index in [0.717, 1.165) is 23.8 Å². The fraction of sp³-hybridized carbons (Fsp3) is 0.278. The molecular formula is C18H18F2N2O2. The van der Waals surface area contributed by atoms with Crippen LogP contribution >= 0.6 is 0 Å². The SMILES string of the molecule is O=C1CC(c2cc(F)ccc2F)C(NO)CN1Cc1ccccc1. The van der Waals surface area contributed by atoms with Crippen LogP contribution in [0.5, 0.6) is 0 Å². The molecule has 2 N–H and O–H groups in total. The number of likely N-dealkylation sites (tertiary alicyclic amines) is 1. The highest BCUT2D eigenvalue weighted by atomic mass is 19.1. The smallest absolute Gasteiger partial charge is 0.223 e. The van der Waals surface area contributed by atoms with Gasteiger partial charge in [0.15, 0.2) is 0 Å². The lowest BCUT2D eigenvalue weighted by Gasteiger charge is -2.37. The summed E-state index contributed by atoms with van der Waals surface area (Å²) in [6, 6.07) is 12.1. The summed E-state index contributed by atoms with van der Waals surface area (Å²) in [5.74, 6) is -1.92. The molecule has 1 aliphatic rings. The molecule has 2 unspecified atom stereocenters. The van der Waals surface area contributed by atoms with Gasteiger partial charge in [-0.05, 0) is 29.3 Å². The number of carbonyl (C=O) groups is 1. The number of hydroxylamine groups is 1. The van der Waals surface area contributed by atoms with Gasteiger partial charge in [0.05, 0.1) is 6.04 Å². The molecule has 1 fully saturated rings. The van der Waals surface area contributed by atoms with Gasteiger partial charge in [-0.2, -0.15) is 0 Å². The minimum Gasteiger partial charge on any atom is -0.337 e. The Kier molecular flexibility index (Phi) is 4.87. The Balaban J connectivity index is 1.81. The predicted molar refractivity (Wildman–Crippen MR) is 84.3 cm³/mol. The maximum atomic E-state index is 14.0. The summed E-state index contributed by atoms with van der Waals surface area (Å²) < 4.78 is 27.5. The number of hydrogen-bond donors (Lipinski definition) is 2. The Morgan fingerprint density at radius 1 is 1.17 bits per heavy atom. The van der Waals surface area contributed by atoms with Crippen molar-refractivity contribution < 1.29 is 18.8 Å². The first-order valence-electron chi connectivity index (χ1n) is 7.74. The Hall–Kier alpha value is -2.31. The van der Waals surface area contributed by atoms with Crippen molar-refractivity contribution in [1.29, 1.82) is 0 Å². The monoisotopic (exact) mass is 332 g/mol. The van der Waals surface area contributed by atoms with E-state index in [1.54, 1.807) is 4.90 Å². The molecule has 1 saturated heterocycles. The molecule has 1 amide bonds. The average Bonchev–Trinajstić information content (AvgIpc) is 2.59. The third kappa shape index (κ3) is 3.44. The Morgan fingerprint density at radius 2 is 1.92 bits per heavy atom. The molecule has 2 atom stereocenters. The molecule has 24 heavy (non-hydrogen) atoms. The van der Waals surface area contributed by atoms with Crippen molar-refractivity contribution in [3.63, 3.8) is 0 Å². The van der Waals surface area contributed by atoms with Crippen molar-refractivity contribution in [2.45, 2.75) is 24.9 Å². The first-order chi connectivity index (χ1) is 11.6. The second kappa shape index (κ2) is 7.07. The van der Waals surface area contributed by atoms with Crippen LogP contribution in [-0.4, -0.2) is 28.6 Å². The Morgan fingerprint density at radius 3 is 2.62 bits per heavy atom. The average molecular weight is 332 g/mol. The van der Waals surface area contributed by atoms with Crippen LogP contribution in [0, 0.1) is 11.6 Å². The number of carbonyl (C=O) groups excluding carboxylic acids is 1. The standard InChI is InChI=1S/C18H18F2N2O2/c19-13-6-7-16(20)14(8-13)15-9-18(23)22(11-17(15)21-24)10-12-4-2-1-3-5-12/h1-8,15,17,21,24H,9-11H2. The summed E-state index contributed by atoms with van der Waals surface area (Å²) in [5.41, 5.74) is 3.23. The lowest BCUT2D eigenvalue weighted by Crippen LogP contribution is -2.51. The molecule has 6 heteroatoms. The molecule has 3 rings (SSSR count). The van der Waals surface area contributed by atoms with Crippen molar-refractivity contribution in [2.75, 3.05) is 6.54 Å². The van der Waals surface area contributed by atoms with Crippen LogP contribution in [0.15, 0.2) is 48.5 Å². The lowest BCUT2D eigenvalue weighted by molar-refractivity contribution is -0.136. The molecule has 0 spiro atoms. The number of halogens is 2. The number of benzene rings is 2. The molecule has 4 nitrogen and oxygen atoms in total. The van der Waals surface area contributed by atoms with Gasteiger partial charge in [0, 0.05) is 25.4 Å². The van der Waals surface area contributed by atoms with E-state index >= 15 is 0 Å². The molecule has 0 radical (unpaired) electrons. The third-order valence-electron chi connectivity index (χ3n) is 4.39. The minimum absolute atomic E-state index is 0.00539. The molecule has 0 bridgehead atoms. The van der Waals surface area contributed by atoms with Gasteiger partial charge in [0.25, 0.3) is 0 Å². The summed E-state index contributed by atoms with van der Waals surface area (Å²) in [7, 11) is 0. The predicted octanol–water partition coefficient (Wildman–Crippen LogP) is 2.83. The van der Waals surface area contributed by atoms with E-state index in [1.807, 2.05) is 30.3 Å². The maximum absolute atomic E-state index is 14.0. The molecular weight excluding hydrogens is 314 g/mol. The van der Waals surface area contributed by atoms with E-state index in [1.165, 1.54) is 0 Å². The molecule has 2 aromatic carbocycles. The molecule has 1 heterocycles. The molecule has 0 saturated carbocycles. The van der Waals surface area contributed by atoms with Crippen LogP contribution in [0.3, 0.4) is 0 Å². The summed E-state index contributed by atoms with van der Waals surface area (Å²) in [6.45, 7) is 0.626. The van der Waals surface area contributed by atoms with Crippen LogP contribution < -0.4 is 5.48 Å². The van der Waals surface area contributed by atoms with Crippen molar-refractivity contribution in [3.05, 3.63) is 71.3 Å². The third-order valence-corrected chi connectivity index (χ3v) is 4.39. The minimum atomic E-state index is -0.620. The van der Waals surface area contributed by atoms with Crippen LogP contribution in [-0.2, 0) is 11.3 Å². The lowest BCUT2D eigenvalue weighted by atomic mass is 9.84. The summed E-state index contributed by atoms with van der Waals surface area (Å²) >= 11 is 0. The van der Waals surface area contributed by atoms with Crippen LogP contribution in [0.2, 0.25) is 0 Å². The van der Waals surface area contributed by atoms with Crippen LogP contribution in [0.1, 0.15) is 23.5 Å². The van der Waals surface area contributed by atoms with Gasteiger partial charge in [0.2, 0.25) is 5.91 Å². The molecule has 0 aromatic heterocycles. The van der Waals surface area contributed by atoms with Gasteiger partial charge in [0.1, 0.15) is 11.6 Å². The molecule has 2 aromatic rings. The van der Waals surface area contributed by atoms with Gasteiger partial charge in [-0.15, -0.1) is 0 Å². The number of nitrogens with one attached hydrogen (secondary N) is 1. The van der Waals surface area contributed by atoms with Crippen LogP contribution in [0.25, 0.3) is 0 Å². The zero-order valence-electron chi connectivity index (χ0n) is 13.0. The Bertz CT molecular complexity index is 724. The number of amides is 1. The van der Waals surface area contributed by atoms with E-state index in [0.29, 0.717) is 6.54 Å². The van der Waals surface area contributed by atoms with Crippen molar-refractivity contribution in [3.8, 4) is 0 Å². The highest BCUT2D eigenvalue weighted by Gasteiger charge is 2.36. The van der Waals surface area contributed by atoms with Gasteiger partial charge in [-0.3, -0.25) is 4.79 Å². The number of rotatable bonds is 4. The summed E-state index contributed by atoms with van der Waals surface area (Å²) in [4.78, 5) is 14.0. The Labute approximate surface area is 138 Å². The number of hydrogen-bond acceptors (Lipinski definition) is 3. The van der Waals surface area contributed by atoms with Crippen LogP contribution in [0.4, 0.5) is 8.78 Å². The topological polar surface area (TPSA) is 52.6 Å². The van der Waals surface area contributed by atoms with Gasteiger partial charge in [-0.25, -0.2) is 14.3 Å². The summed E-state index contributed by atoms with van der Waals surface area (Å²) in [6.07, 6.45) is 0.00539. The zero-order valence-corrected chi connectivity index (χ0v) is 13.0. The molecule has 126 valence electrons. The highest BCUT2D eigenvalue weighted by Crippen LogP contribution is 2.32. The van der Waals surface area contributed by atoms with Gasteiger partial charge in [-0.1, -0.05) is 30.3 Å². The van der Waals surface area contributed by atoms with E-state index in [-0.39, 0.29) is 24.4 Å². The largest absolute Gasteiger partial charge is 0.337 e. The van der Waals surface area contributed by atoms with Gasteiger partial charge >= 0.3 is 0 Å². The van der Waals surface area contributed by atoms with Crippen molar-refractivity contribution >= 4 is 5.91 Å². The first-order valence-corrected chi connectivity index (χ1v) is 7.74. The van der Waals surface area contributed by atoms with Crippen molar-refractivity contribution in [1.82, 2.24) is 10.4 Å². The molecule has 1 aliphatic heterocycles. The molecule has 0 aliphatic carbocycles. The second-order valence-corrected chi connectivity index (χ2v) is 5.97. The number of piperidine rings is 1. The number of nitrogens with zero attached hydrogens (tertiary/aromatic N) is 1. The summed E-state index contributed by atoms with van der Waals surface area (Å²) in [5, 5.41) is 9.45. The van der Waals surface area contributed by atoms with Crippen molar-refractivity contribution in [2.24, 2.45) is 0 Å². The van der Waals surface area contributed by atoms with Gasteiger partial charge < -0.3 is 10.1 Å². The second-order valence-electron chi connectivity index (χ2n) is 5.97. The van der Waals surface area contributed by atoms with E-state index in [9.17, 15) is 18.8 Å². The fourth-order valence-corrected chi connectivity index (χ4v) is 3.14. The maximum Gasteiger partial charge on any atom is 0.223 e. The van der Waals surface area contributed by atoms with E-state index < -0.39 is 23.6 Å². The normalized spacial score (nSPS) is 21.1.